The first kappa shape index (κ1) is 25.5. The monoisotopic (exact) mass is 461 g/mol. The zero-order chi connectivity index (χ0) is 24.4. The minimum absolute atomic E-state index is 0.358. The first-order valence-corrected chi connectivity index (χ1v) is 11.7. The van der Waals surface area contributed by atoms with Gasteiger partial charge in [0.1, 0.15) is 11.2 Å². The van der Waals surface area contributed by atoms with Crippen LogP contribution in [0, 0.1) is 0 Å². The molecule has 0 radical (unpaired) electrons. The lowest BCUT2D eigenvalue weighted by Gasteiger charge is -2.36. The second-order valence-electron chi connectivity index (χ2n) is 9.14. The molecule has 3 rings (SSSR count). The standard InChI is InChI=1S/C29H35NO4/c1-28(2,3)34-27(31)30(4)20-21-32-22-23-33-29(24-14-8-5-9-15-24,25-16-10-6-11-17-25)26-18-12-7-13-19-26/h5-19H,20-23H2,1-4H3. The third kappa shape index (κ3) is 6.69. The van der Waals surface area contributed by atoms with E-state index in [9.17, 15) is 4.79 Å². The minimum atomic E-state index is -0.763. The summed E-state index contributed by atoms with van der Waals surface area (Å²) < 4.78 is 17.9. The van der Waals surface area contributed by atoms with E-state index < -0.39 is 11.2 Å². The number of nitrogens with zero attached hydrogens (tertiary/aromatic N) is 1. The van der Waals surface area contributed by atoms with Crippen LogP contribution in [0.25, 0.3) is 0 Å². The number of carbonyl (C=O) groups is 1. The summed E-state index contributed by atoms with van der Waals surface area (Å²) in [6, 6.07) is 30.8. The summed E-state index contributed by atoms with van der Waals surface area (Å²) in [7, 11) is 1.71. The topological polar surface area (TPSA) is 48.0 Å². The van der Waals surface area contributed by atoms with Gasteiger partial charge in [-0.3, -0.25) is 0 Å². The smallest absolute Gasteiger partial charge is 0.410 e. The largest absolute Gasteiger partial charge is 0.444 e. The molecule has 0 atom stereocenters. The van der Waals surface area contributed by atoms with Crippen molar-refractivity contribution in [2.45, 2.75) is 32.0 Å². The zero-order valence-corrected chi connectivity index (χ0v) is 20.6. The predicted octanol–water partition coefficient (Wildman–Crippen LogP) is 5.88. The van der Waals surface area contributed by atoms with Crippen LogP contribution in [0.15, 0.2) is 91.0 Å². The Kier molecular flexibility index (Phi) is 8.85. The van der Waals surface area contributed by atoms with E-state index in [0.717, 1.165) is 16.7 Å². The Morgan fingerprint density at radius 2 is 1.15 bits per heavy atom. The first-order valence-electron chi connectivity index (χ1n) is 11.7. The van der Waals surface area contributed by atoms with Crippen LogP contribution in [0.3, 0.4) is 0 Å². The van der Waals surface area contributed by atoms with E-state index in [4.69, 9.17) is 14.2 Å². The van der Waals surface area contributed by atoms with Gasteiger partial charge in [0.25, 0.3) is 0 Å². The van der Waals surface area contributed by atoms with Crippen molar-refractivity contribution in [1.29, 1.82) is 0 Å². The van der Waals surface area contributed by atoms with Gasteiger partial charge in [0, 0.05) is 13.6 Å². The second kappa shape index (κ2) is 11.8. The summed E-state index contributed by atoms with van der Waals surface area (Å²) >= 11 is 0. The van der Waals surface area contributed by atoms with Crippen LogP contribution in [0.5, 0.6) is 0 Å². The highest BCUT2D eigenvalue weighted by Gasteiger charge is 2.37. The molecule has 0 spiro atoms. The summed E-state index contributed by atoms with van der Waals surface area (Å²) in [4.78, 5) is 13.6. The molecular formula is C29H35NO4. The number of ether oxygens (including phenoxy) is 3. The molecule has 0 heterocycles. The van der Waals surface area contributed by atoms with Crippen molar-refractivity contribution in [3.8, 4) is 0 Å². The Morgan fingerprint density at radius 1 is 0.706 bits per heavy atom. The van der Waals surface area contributed by atoms with Crippen LogP contribution >= 0.6 is 0 Å². The van der Waals surface area contributed by atoms with Crippen molar-refractivity contribution in [2.24, 2.45) is 0 Å². The molecule has 0 saturated heterocycles. The molecule has 0 fully saturated rings. The number of hydrogen-bond donors (Lipinski definition) is 0. The van der Waals surface area contributed by atoms with E-state index in [1.54, 1.807) is 7.05 Å². The Hall–Kier alpha value is -3.15. The van der Waals surface area contributed by atoms with Crippen molar-refractivity contribution in [2.75, 3.05) is 33.4 Å². The van der Waals surface area contributed by atoms with Gasteiger partial charge < -0.3 is 19.1 Å². The third-order valence-corrected chi connectivity index (χ3v) is 5.36. The molecule has 0 unspecified atom stereocenters. The highest BCUT2D eigenvalue weighted by molar-refractivity contribution is 5.67. The van der Waals surface area contributed by atoms with Crippen molar-refractivity contribution in [3.05, 3.63) is 108 Å². The molecule has 0 aliphatic heterocycles. The van der Waals surface area contributed by atoms with Gasteiger partial charge >= 0.3 is 6.09 Å². The van der Waals surface area contributed by atoms with Crippen LogP contribution in [0.4, 0.5) is 4.79 Å². The molecule has 180 valence electrons. The number of carbonyl (C=O) groups excluding carboxylic acids is 1. The van der Waals surface area contributed by atoms with Crippen LogP contribution in [-0.4, -0.2) is 50.0 Å². The molecule has 0 N–H and O–H groups in total. The molecule has 0 saturated carbocycles. The van der Waals surface area contributed by atoms with E-state index in [2.05, 4.69) is 36.4 Å². The van der Waals surface area contributed by atoms with Gasteiger partial charge in [-0.1, -0.05) is 91.0 Å². The number of hydrogen-bond acceptors (Lipinski definition) is 4. The van der Waals surface area contributed by atoms with Crippen molar-refractivity contribution >= 4 is 6.09 Å². The molecule has 0 aromatic heterocycles. The van der Waals surface area contributed by atoms with E-state index in [0.29, 0.717) is 26.4 Å². The van der Waals surface area contributed by atoms with Crippen molar-refractivity contribution < 1.29 is 19.0 Å². The van der Waals surface area contributed by atoms with Crippen LogP contribution in [0.2, 0.25) is 0 Å². The van der Waals surface area contributed by atoms with Crippen LogP contribution < -0.4 is 0 Å². The zero-order valence-electron chi connectivity index (χ0n) is 20.6. The molecule has 0 aliphatic rings. The normalized spacial score (nSPS) is 11.8. The highest BCUT2D eigenvalue weighted by atomic mass is 16.6. The fraction of sp³-hybridized carbons (Fsp3) is 0.345. The molecular weight excluding hydrogens is 426 g/mol. The maximum absolute atomic E-state index is 12.1. The Morgan fingerprint density at radius 3 is 1.56 bits per heavy atom. The Bertz CT molecular complexity index is 904. The average molecular weight is 462 g/mol. The summed E-state index contributed by atoms with van der Waals surface area (Å²) in [5, 5.41) is 0. The molecule has 0 aliphatic carbocycles. The quantitative estimate of drug-likeness (QED) is 0.279. The van der Waals surface area contributed by atoms with E-state index in [1.165, 1.54) is 4.90 Å². The minimum Gasteiger partial charge on any atom is -0.444 e. The van der Waals surface area contributed by atoms with Gasteiger partial charge in [0.05, 0.1) is 19.8 Å². The number of rotatable bonds is 10. The van der Waals surface area contributed by atoms with E-state index in [-0.39, 0.29) is 6.09 Å². The lowest BCUT2D eigenvalue weighted by molar-refractivity contribution is -0.0269. The molecule has 1 amide bonds. The summed E-state index contributed by atoms with van der Waals surface area (Å²) in [5.74, 6) is 0. The van der Waals surface area contributed by atoms with Gasteiger partial charge in [-0.25, -0.2) is 4.79 Å². The number of likely N-dealkylation sites (N-methyl/N-ethyl adjacent to an activating group) is 1. The highest BCUT2D eigenvalue weighted by Crippen LogP contribution is 2.40. The number of amides is 1. The summed E-state index contributed by atoms with van der Waals surface area (Å²) in [5.41, 5.74) is 1.88. The van der Waals surface area contributed by atoms with Crippen LogP contribution in [0.1, 0.15) is 37.5 Å². The first-order chi connectivity index (χ1) is 16.3. The Labute approximate surface area is 203 Å². The predicted molar refractivity (Wildman–Crippen MR) is 135 cm³/mol. The Balaban J connectivity index is 1.70. The molecule has 34 heavy (non-hydrogen) atoms. The molecule has 5 heteroatoms. The van der Waals surface area contributed by atoms with Crippen molar-refractivity contribution in [1.82, 2.24) is 4.90 Å². The van der Waals surface area contributed by atoms with Gasteiger partial charge in [-0.15, -0.1) is 0 Å². The van der Waals surface area contributed by atoms with Crippen LogP contribution in [-0.2, 0) is 19.8 Å². The molecule has 0 bridgehead atoms. The summed E-state index contributed by atoms with van der Waals surface area (Å²) in [6.45, 7) is 7.18. The lowest BCUT2D eigenvalue weighted by atomic mass is 9.80. The summed E-state index contributed by atoms with van der Waals surface area (Å²) in [6.07, 6.45) is -0.358. The second-order valence-corrected chi connectivity index (χ2v) is 9.14. The van der Waals surface area contributed by atoms with E-state index >= 15 is 0 Å². The van der Waals surface area contributed by atoms with Gasteiger partial charge in [-0.05, 0) is 37.5 Å². The van der Waals surface area contributed by atoms with Gasteiger partial charge in [-0.2, -0.15) is 0 Å². The lowest BCUT2D eigenvalue weighted by Crippen LogP contribution is -2.36. The fourth-order valence-corrected chi connectivity index (χ4v) is 3.76. The molecule has 3 aromatic rings. The molecule has 3 aromatic carbocycles. The average Bonchev–Trinajstić information content (AvgIpc) is 2.84. The SMILES string of the molecule is CN(CCOCCOC(c1ccccc1)(c1ccccc1)c1ccccc1)C(=O)OC(C)(C)C. The molecule has 5 nitrogen and oxygen atoms in total. The number of benzene rings is 3. The third-order valence-electron chi connectivity index (χ3n) is 5.36. The maximum atomic E-state index is 12.1. The van der Waals surface area contributed by atoms with Gasteiger partial charge in [0.15, 0.2) is 0 Å². The maximum Gasteiger partial charge on any atom is 0.410 e. The van der Waals surface area contributed by atoms with E-state index in [1.807, 2.05) is 75.4 Å². The fourth-order valence-electron chi connectivity index (χ4n) is 3.76. The van der Waals surface area contributed by atoms with Gasteiger partial charge in [0.2, 0.25) is 0 Å². The van der Waals surface area contributed by atoms with Crippen molar-refractivity contribution in [3.63, 3.8) is 0 Å².